The van der Waals surface area contributed by atoms with Crippen molar-refractivity contribution in [2.75, 3.05) is 26.2 Å². The maximum atomic E-state index is 13.8. The van der Waals surface area contributed by atoms with Crippen LogP contribution in [0.15, 0.2) is 56.4 Å². The Kier molecular flexibility index (Phi) is 13.7. The zero-order valence-electron chi connectivity index (χ0n) is 34.3. The summed E-state index contributed by atoms with van der Waals surface area (Å²) in [4.78, 5) is 50.2. The first kappa shape index (κ1) is 54.0. The van der Waals surface area contributed by atoms with E-state index >= 15 is 0 Å². The molecule has 0 aliphatic carbocycles. The summed E-state index contributed by atoms with van der Waals surface area (Å²) >= 11 is 1.25. The summed E-state index contributed by atoms with van der Waals surface area (Å²) in [6, 6.07) is 4.99. The molecule has 4 heterocycles. The van der Waals surface area contributed by atoms with Crippen LogP contribution in [-0.2, 0) is 72.4 Å². The lowest BCUT2D eigenvalue weighted by atomic mass is 10.3. The van der Waals surface area contributed by atoms with Gasteiger partial charge in [-0.25, -0.2) is 34.1 Å². The van der Waals surface area contributed by atoms with E-state index in [0.29, 0.717) is 34.8 Å². The molecule has 4 aromatic rings. The van der Waals surface area contributed by atoms with Crippen LogP contribution in [0.4, 0.5) is 52.7 Å². The van der Waals surface area contributed by atoms with E-state index in [2.05, 4.69) is 10.2 Å². The first-order valence-electron chi connectivity index (χ1n) is 18.6. The van der Waals surface area contributed by atoms with Crippen molar-refractivity contribution in [1.29, 1.82) is 0 Å². The van der Waals surface area contributed by atoms with E-state index in [1.165, 1.54) is 23.0 Å². The second-order valence-electron chi connectivity index (χ2n) is 14.4. The van der Waals surface area contributed by atoms with Crippen molar-refractivity contribution in [1.82, 2.24) is 26.4 Å². The van der Waals surface area contributed by atoms with Crippen LogP contribution in [0, 0.1) is 0 Å². The first-order valence-corrected chi connectivity index (χ1v) is 26.2. The minimum atomic E-state index is -6.22. The number of aromatic nitrogens is 2. The number of benzene rings is 2. The fourth-order valence-corrected chi connectivity index (χ4v) is 15.7. The molecule has 0 unspecified atom stereocenters. The van der Waals surface area contributed by atoms with E-state index in [4.69, 9.17) is 0 Å². The van der Waals surface area contributed by atoms with Crippen molar-refractivity contribution >= 4 is 107 Å². The topological polar surface area (TPSA) is 252 Å². The second kappa shape index (κ2) is 17.8. The standard InChI is InChI=1S/C32H26F12N8O12S6/c1-3-47-17-7-5-15(67(57,58)21-23(53)49(11-29(33,34)35)69(61,62)50(24(21)54)12-30(36,37)38)9-19(17)65-27(47)45-46-28-48(4-2)18-8-6-16(10-20(18)66-28)68(59,60)22-25(55)51(13-31(39,40)41)70(63,64)52(26(22)56)14-32(42,43)44/h5-10,21-22H,3-4,11-14H2,1-2H3/b45-27+,46-28+. The molecule has 2 aromatic carbocycles. The number of carbonyl (C=O) groups is 4. The van der Waals surface area contributed by atoms with Crippen molar-refractivity contribution in [2.24, 2.45) is 10.2 Å². The quantitative estimate of drug-likeness (QED) is 0.119. The average molecular weight is 1130 g/mol. The van der Waals surface area contributed by atoms with Gasteiger partial charge in [0, 0.05) is 13.1 Å². The van der Waals surface area contributed by atoms with Gasteiger partial charge >= 0.3 is 45.1 Å². The number of halogens is 12. The highest BCUT2D eigenvalue weighted by molar-refractivity contribution is 7.95. The van der Waals surface area contributed by atoms with Crippen LogP contribution >= 0.6 is 22.7 Å². The van der Waals surface area contributed by atoms with E-state index in [0.717, 1.165) is 24.3 Å². The molecule has 0 bridgehead atoms. The summed E-state index contributed by atoms with van der Waals surface area (Å²) in [6.45, 7) is -8.10. The molecule has 2 aliphatic heterocycles. The molecule has 386 valence electrons. The fraction of sp³-hybridized carbons (Fsp3) is 0.438. The SMILES string of the molecule is CCn1/c(=N\N=c2\sc3cc(S(=O)(=O)C4C(=O)N(CC(F)(F)F)S(=O)(=O)N(CC(F)(F)F)C4=O)ccc3n2CC)sc2cc(S(=O)(=O)C3C(=O)N(CC(F)(F)F)S(=O)(=O)N(CC(F)(F)F)C3=O)ccc21. The number of amides is 4. The summed E-state index contributed by atoms with van der Waals surface area (Å²) < 4.78 is 264. The molecule has 2 fully saturated rings. The maximum absolute atomic E-state index is 13.8. The van der Waals surface area contributed by atoms with Crippen LogP contribution in [0.2, 0.25) is 0 Å². The Balaban J connectivity index is 1.42. The van der Waals surface area contributed by atoms with Crippen molar-refractivity contribution in [3.8, 4) is 0 Å². The molecule has 2 saturated heterocycles. The first-order chi connectivity index (χ1) is 31.8. The lowest BCUT2D eigenvalue weighted by Gasteiger charge is -2.38. The van der Waals surface area contributed by atoms with Gasteiger partial charge in [0.2, 0.25) is 20.1 Å². The van der Waals surface area contributed by atoms with Gasteiger partial charge in [-0.05, 0) is 50.2 Å². The largest absolute Gasteiger partial charge is 0.407 e. The molecular weight excluding hydrogens is 1110 g/mol. The molecule has 0 saturated carbocycles. The van der Waals surface area contributed by atoms with Crippen LogP contribution in [0.1, 0.15) is 13.8 Å². The van der Waals surface area contributed by atoms with Gasteiger partial charge in [0.05, 0.1) is 30.2 Å². The number of alkyl halides is 12. The van der Waals surface area contributed by atoms with Crippen LogP contribution < -0.4 is 9.60 Å². The Labute approximate surface area is 391 Å². The molecule has 0 atom stereocenters. The van der Waals surface area contributed by atoms with Crippen LogP contribution in [0.5, 0.6) is 0 Å². The van der Waals surface area contributed by atoms with Crippen molar-refractivity contribution < 1.29 is 106 Å². The number of fused-ring (bicyclic) bond motifs is 2. The minimum Gasteiger partial charge on any atom is -0.315 e. The molecule has 2 aromatic heterocycles. The highest BCUT2D eigenvalue weighted by Gasteiger charge is 2.61. The zero-order chi connectivity index (χ0) is 52.9. The van der Waals surface area contributed by atoms with Crippen molar-refractivity contribution in [3.05, 3.63) is 46.0 Å². The third-order valence-electron chi connectivity index (χ3n) is 9.73. The van der Waals surface area contributed by atoms with Crippen molar-refractivity contribution in [2.45, 2.75) is 71.9 Å². The maximum Gasteiger partial charge on any atom is 0.407 e. The Morgan fingerprint density at radius 2 is 0.757 bits per heavy atom. The van der Waals surface area contributed by atoms with Crippen LogP contribution in [0.3, 0.4) is 0 Å². The van der Waals surface area contributed by atoms with Gasteiger partial charge in [-0.1, -0.05) is 22.7 Å². The summed E-state index contributed by atoms with van der Waals surface area (Å²) in [5, 5.41) is 1.38. The number of hydrogen-bond acceptors (Lipinski definition) is 16. The molecule has 6 rings (SSSR count). The molecule has 20 nitrogen and oxygen atoms in total. The molecular formula is C32H26F12N8O12S6. The fourth-order valence-electron chi connectivity index (χ4n) is 6.83. The normalized spacial score (nSPS) is 18.9. The average Bonchev–Trinajstić information content (AvgIpc) is 3.75. The monoisotopic (exact) mass is 1130 g/mol. The Hall–Kier alpha value is -5.34. The number of sulfone groups is 2. The van der Waals surface area contributed by atoms with E-state index in [1.807, 2.05) is 0 Å². The van der Waals surface area contributed by atoms with Gasteiger partial charge in [0.15, 0.2) is 19.7 Å². The lowest BCUT2D eigenvalue weighted by molar-refractivity contribution is -0.163. The summed E-state index contributed by atoms with van der Waals surface area (Å²) in [7, 11) is -23.8. The van der Waals surface area contributed by atoms with E-state index in [-0.39, 0.29) is 43.1 Å². The predicted octanol–water partition coefficient (Wildman–Crippen LogP) is 2.54. The van der Waals surface area contributed by atoms with Gasteiger partial charge in [0.1, 0.15) is 26.2 Å². The number of aryl methyl sites for hydroxylation is 2. The Morgan fingerprint density at radius 3 is 0.986 bits per heavy atom. The van der Waals surface area contributed by atoms with E-state index < -0.39 is 152 Å². The van der Waals surface area contributed by atoms with Gasteiger partial charge in [-0.3, -0.25) is 19.2 Å². The number of nitrogens with zero attached hydrogens (tertiary/aromatic N) is 8. The number of carbonyl (C=O) groups excluding carboxylic acids is 4. The molecule has 2 aliphatic rings. The van der Waals surface area contributed by atoms with E-state index in [9.17, 15) is 106 Å². The summed E-state index contributed by atoms with van der Waals surface area (Å²) in [6.07, 6.45) is -22.5. The molecule has 0 radical (unpaired) electrons. The second-order valence-corrected chi connectivity index (χ2v) is 24.1. The zero-order valence-corrected chi connectivity index (χ0v) is 39.2. The third kappa shape index (κ3) is 10.1. The Morgan fingerprint density at radius 1 is 0.500 bits per heavy atom. The van der Waals surface area contributed by atoms with Gasteiger partial charge in [-0.2, -0.15) is 69.5 Å². The van der Waals surface area contributed by atoms with Crippen molar-refractivity contribution in [3.63, 3.8) is 0 Å². The predicted molar refractivity (Wildman–Crippen MR) is 213 cm³/mol. The van der Waals surface area contributed by atoms with Gasteiger partial charge < -0.3 is 9.13 Å². The molecule has 0 spiro atoms. The highest BCUT2D eigenvalue weighted by atomic mass is 32.2. The third-order valence-corrected chi connectivity index (χ3v) is 19.1. The Bertz CT molecular complexity index is 3160. The molecule has 38 heteroatoms. The molecule has 0 N–H and O–H groups in total. The number of hydrogen-bond donors (Lipinski definition) is 0. The summed E-state index contributed by atoms with van der Waals surface area (Å²) in [5.41, 5.74) is 0.247. The molecule has 4 amide bonds. The number of rotatable bonds is 11. The van der Waals surface area contributed by atoms with Crippen LogP contribution in [0.25, 0.3) is 20.4 Å². The van der Waals surface area contributed by atoms with Gasteiger partial charge in [0.25, 0.3) is 23.6 Å². The van der Waals surface area contributed by atoms with Crippen LogP contribution in [-0.4, -0.2) is 145 Å². The lowest BCUT2D eigenvalue weighted by Crippen LogP contribution is -2.66. The number of thiazole rings is 2. The highest BCUT2D eigenvalue weighted by Crippen LogP contribution is 2.36. The smallest absolute Gasteiger partial charge is 0.315 e. The van der Waals surface area contributed by atoms with Gasteiger partial charge in [-0.15, -0.1) is 10.2 Å². The van der Waals surface area contributed by atoms with E-state index in [1.54, 1.807) is 0 Å². The molecule has 70 heavy (non-hydrogen) atoms. The summed E-state index contributed by atoms with van der Waals surface area (Å²) in [5.74, 6) is -10.1. The minimum absolute atomic E-state index is 0.0127.